The number of halogens is 1. The highest BCUT2D eigenvalue weighted by Gasteiger charge is 2.32. The van der Waals surface area contributed by atoms with E-state index in [0.29, 0.717) is 17.7 Å². The lowest BCUT2D eigenvalue weighted by Crippen LogP contribution is -2.58. The second kappa shape index (κ2) is 17.6. The number of ether oxygens (including phenoxy) is 1. The molecule has 0 aliphatic carbocycles. The highest BCUT2D eigenvalue weighted by molar-refractivity contribution is 9.10. The third-order valence-corrected chi connectivity index (χ3v) is 9.60. The molecule has 260 valence electrons. The minimum Gasteiger partial charge on any atom is -0.484 e. The van der Waals surface area contributed by atoms with Crippen molar-refractivity contribution in [1.82, 2.24) is 21.3 Å². The van der Waals surface area contributed by atoms with E-state index < -0.39 is 53.8 Å². The Bertz CT molecular complexity index is 1770. The average Bonchev–Trinajstić information content (AvgIpc) is 3.63. The molecule has 2 aliphatic rings. The molecular weight excluding hydrogens is 724 g/mol. The van der Waals surface area contributed by atoms with E-state index in [1.54, 1.807) is 24.3 Å². The number of carboxylic acids is 1. The topological polar surface area (TPSA) is 163 Å². The summed E-state index contributed by atoms with van der Waals surface area (Å²) < 4.78 is 6.49. The molecule has 50 heavy (non-hydrogen) atoms. The molecule has 0 spiro atoms. The number of carboxylic acid groups (broad SMARTS) is 1. The number of aliphatic carboxylic acids is 1. The maximum Gasteiger partial charge on any atom is 0.326 e. The highest BCUT2D eigenvalue weighted by atomic mass is 79.9. The maximum absolute atomic E-state index is 14.1. The fourth-order valence-corrected chi connectivity index (χ4v) is 6.50. The Hall–Kier alpha value is -5.01. The molecule has 1 aromatic heterocycles. The van der Waals surface area contributed by atoms with E-state index in [1.165, 1.54) is 11.3 Å². The fourth-order valence-electron chi connectivity index (χ4n) is 5.49. The first kappa shape index (κ1) is 36.3. The summed E-state index contributed by atoms with van der Waals surface area (Å²) >= 11 is 4.84. The zero-order valence-corrected chi connectivity index (χ0v) is 29.4. The van der Waals surface area contributed by atoms with Gasteiger partial charge in [-0.2, -0.15) is 0 Å². The number of carbonyl (C=O) groups excluding carboxylic acids is 4. The van der Waals surface area contributed by atoms with Gasteiger partial charge in [0.15, 0.2) is 6.61 Å². The Labute approximate surface area is 301 Å². The molecule has 0 unspecified atom stereocenters. The quantitative estimate of drug-likeness (QED) is 0.172. The number of hydrogen-bond donors (Lipinski definition) is 5. The summed E-state index contributed by atoms with van der Waals surface area (Å²) in [4.78, 5) is 68.0. The van der Waals surface area contributed by atoms with Crippen LogP contribution in [0.25, 0.3) is 0 Å². The molecule has 2 aliphatic heterocycles. The van der Waals surface area contributed by atoms with Crippen LogP contribution in [0.3, 0.4) is 0 Å². The first-order chi connectivity index (χ1) is 24.1. The summed E-state index contributed by atoms with van der Waals surface area (Å²) in [6.45, 7) is -0.382. The number of amides is 4. The molecule has 0 saturated heterocycles. The van der Waals surface area contributed by atoms with Gasteiger partial charge in [-0.15, -0.1) is 11.3 Å². The van der Waals surface area contributed by atoms with Gasteiger partial charge in [0.25, 0.3) is 5.91 Å². The van der Waals surface area contributed by atoms with Gasteiger partial charge >= 0.3 is 5.97 Å². The van der Waals surface area contributed by atoms with Crippen molar-refractivity contribution in [2.75, 3.05) is 6.61 Å². The molecule has 6 rings (SSSR count). The number of aryl methyl sites for hydroxylation is 1. The van der Waals surface area contributed by atoms with Crippen molar-refractivity contribution in [3.63, 3.8) is 0 Å². The minimum atomic E-state index is -1.30. The first-order valence-electron chi connectivity index (χ1n) is 16.1. The van der Waals surface area contributed by atoms with Crippen LogP contribution in [0.15, 0.2) is 101 Å². The van der Waals surface area contributed by atoms with Crippen molar-refractivity contribution in [3.8, 4) is 5.75 Å². The van der Waals surface area contributed by atoms with Crippen molar-refractivity contribution >= 4 is 56.9 Å². The van der Waals surface area contributed by atoms with E-state index in [1.807, 2.05) is 72.1 Å². The van der Waals surface area contributed by atoms with Gasteiger partial charge < -0.3 is 31.1 Å². The predicted octanol–water partition coefficient (Wildman–Crippen LogP) is 3.59. The SMILES string of the molecule is O=C1COc2ccc(cc2)C[C@@H](C(=O)O)NC(=O)[C@H](CCc2ccccc2)NC(=O)[C@@H](Cc2ccc(Br)cc2)NC(=O)[C@H](Cc2cccs2)N1. The lowest BCUT2D eigenvalue weighted by atomic mass is 10.0. The smallest absolute Gasteiger partial charge is 0.326 e. The van der Waals surface area contributed by atoms with Crippen LogP contribution in [0.5, 0.6) is 5.75 Å². The first-order valence-corrected chi connectivity index (χ1v) is 17.8. The van der Waals surface area contributed by atoms with E-state index in [2.05, 4.69) is 37.2 Å². The second-order valence-electron chi connectivity index (χ2n) is 11.9. The molecule has 13 heteroatoms. The summed E-state index contributed by atoms with van der Waals surface area (Å²) in [5.74, 6) is -3.33. The number of thiophene rings is 1. The second-order valence-corrected chi connectivity index (χ2v) is 13.9. The van der Waals surface area contributed by atoms with E-state index in [9.17, 15) is 29.1 Å². The Morgan fingerprint density at radius 2 is 1.40 bits per heavy atom. The van der Waals surface area contributed by atoms with Gasteiger partial charge in [0.2, 0.25) is 17.7 Å². The van der Waals surface area contributed by atoms with Gasteiger partial charge in [0.05, 0.1) is 0 Å². The van der Waals surface area contributed by atoms with Crippen LogP contribution < -0.4 is 26.0 Å². The molecule has 3 heterocycles. The monoisotopic (exact) mass is 760 g/mol. The molecule has 5 N–H and O–H groups in total. The molecule has 4 amide bonds. The average molecular weight is 762 g/mol. The van der Waals surface area contributed by atoms with Crippen LogP contribution in [-0.2, 0) is 49.7 Å². The van der Waals surface area contributed by atoms with Crippen LogP contribution >= 0.6 is 27.3 Å². The molecule has 3 aromatic carbocycles. The highest BCUT2D eigenvalue weighted by Crippen LogP contribution is 2.17. The molecular formula is C37H37BrN4O7S. The van der Waals surface area contributed by atoms with E-state index in [-0.39, 0.29) is 32.3 Å². The third-order valence-electron chi connectivity index (χ3n) is 8.17. The van der Waals surface area contributed by atoms with Gasteiger partial charge in [-0.25, -0.2) is 4.79 Å². The van der Waals surface area contributed by atoms with E-state index in [4.69, 9.17) is 4.74 Å². The summed E-state index contributed by atoms with van der Waals surface area (Å²) in [6.07, 6.45) is 0.794. The largest absolute Gasteiger partial charge is 0.484 e. The predicted molar refractivity (Wildman–Crippen MR) is 192 cm³/mol. The maximum atomic E-state index is 14.1. The normalized spacial score (nSPS) is 20.6. The molecule has 4 aromatic rings. The van der Waals surface area contributed by atoms with Crippen LogP contribution in [0.1, 0.15) is 28.0 Å². The van der Waals surface area contributed by atoms with Crippen molar-refractivity contribution in [3.05, 3.63) is 122 Å². The summed E-state index contributed by atoms with van der Waals surface area (Å²) in [5, 5.41) is 22.9. The number of nitrogens with one attached hydrogen (secondary N) is 4. The Kier molecular flexibility index (Phi) is 12.8. The Morgan fingerprint density at radius 3 is 2.06 bits per heavy atom. The molecule has 2 bridgehead atoms. The zero-order chi connectivity index (χ0) is 35.5. The standard InChI is InChI=1S/C37H37BrN4O7S/c38-26-13-8-24(9-14-26)19-30-35(45)40-29(17-12-23-5-2-1-3-6-23)34(44)42-32(37(47)48)20-25-10-15-27(16-11-25)49-22-33(43)39-31(36(46)41-30)21-28-7-4-18-50-28/h1-11,13-16,18,29-32H,12,17,19-22H2,(H,39,43)(H,40,45)(H,41,46)(H,42,44)(H,47,48)/t29-,30+,31-,32-/m0/s1. The van der Waals surface area contributed by atoms with Gasteiger partial charge in [0.1, 0.15) is 29.9 Å². The molecule has 0 fully saturated rings. The van der Waals surface area contributed by atoms with Gasteiger partial charge in [-0.05, 0) is 65.2 Å². The zero-order valence-electron chi connectivity index (χ0n) is 27.0. The third kappa shape index (κ3) is 10.7. The lowest BCUT2D eigenvalue weighted by Gasteiger charge is -2.26. The molecule has 0 saturated carbocycles. The van der Waals surface area contributed by atoms with Crippen molar-refractivity contribution in [1.29, 1.82) is 0 Å². The number of hydrogen-bond acceptors (Lipinski definition) is 7. The van der Waals surface area contributed by atoms with Gasteiger partial charge in [-0.1, -0.05) is 76.6 Å². The molecule has 0 radical (unpaired) electrons. The van der Waals surface area contributed by atoms with E-state index in [0.717, 1.165) is 20.5 Å². The van der Waals surface area contributed by atoms with Crippen molar-refractivity contribution in [2.24, 2.45) is 0 Å². The number of benzene rings is 3. The summed E-state index contributed by atoms with van der Waals surface area (Å²) in [7, 11) is 0. The van der Waals surface area contributed by atoms with Gasteiger partial charge in [0, 0.05) is 28.6 Å². The van der Waals surface area contributed by atoms with Crippen LogP contribution in [-0.4, -0.2) is 65.5 Å². The summed E-state index contributed by atoms with van der Waals surface area (Å²) in [5.41, 5.74) is 2.27. The Balaban J connectivity index is 1.48. The number of fused-ring (bicyclic) bond motifs is 16. The van der Waals surface area contributed by atoms with Crippen LogP contribution in [0, 0.1) is 0 Å². The summed E-state index contributed by atoms with van der Waals surface area (Å²) in [6, 6.07) is 22.2. The van der Waals surface area contributed by atoms with Crippen molar-refractivity contribution in [2.45, 2.75) is 56.3 Å². The van der Waals surface area contributed by atoms with Gasteiger partial charge in [-0.3, -0.25) is 19.2 Å². The molecule has 11 nitrogen and oxygen atoms in total. The fraction of sp³-hybridized carbons (Fsp3) is 0.270. The Morgan fingerprint density at radius 1 is 0.740 bits per heavy atom. The van der Waals surface area contributed by atoms with Crippen LogP contribution in [0.2, 0.25) is 0 Å². The van der Waals surface area contributed by atoms with Crippen molar-refractivity contribution < 1.29 is 33.8 Å². The number of carbonyl (C=O) groups is 5. The minimum absolute atomic E-state index is 0.0339. The van der Waals surface area contributed by atoms with E-state index >= 15 is 0 Å². The lowest BCUT2D eigenvalue weighted by molar-refractivity contribution is -0.142. The number of rotatable bonds is 8. The molecule has 4 atom stereocenters. The van der Waals surface area contributed by atoms with Crippen LogP contribution in [0.4, 0.5) is 0 Å².